The predicted molar refractivity (Wildman–Crippen MR) is 73.3 cm³/mol. The quantitative estimate of drug-likeness (QED) is 0.864. The molecule has 1 atom stereocenters. The van der Waals surface area contributed by atoms with Crippen molar-refractivity contribution in [3.8, 4) is 0 Å². The normalized spacial score (nSPS) is 12.6. The summed E-state index contributed by atoms with van der Waals surface area (Å²) in [6, 6.07) is 6.95. The Morgan fingerprint density at radius 3 is 2.67 bits per heavy atom. The van der Waals surface area contributed by atoms with Crippen LogP contribution < -0.4 is 0 Å². The third-order valence-corrected chi connectivity index (χ3v) is 4.14. The SMILES string of the molecule is Cc1cc(CS(=O)Cc2ccc(Cl)cc2Cl)on1. The lowest BCUT2D eigenvalue weighted by Crippen LogP contribution is -1.99. The van der Waals surface area contributed by atoms with Crippen molar-refractivity contribution in [2.24, 2.45) is 0 Å². The van der Waals surface area contributed by atoms with Gasteiger partial charge in [0.05, 0.1) is 17.2 Å². The molecule has 0 saturated heterocycles. The maximum absolute atomic E-state index is 12.0. The predicted octanol–water partition coefficient (Wildman–Crippen LogP) is 3.74. The molecule has 0 aliphatic rings. The molecule has 0 fully saturated rings. The van der Waals surface area contributed by atoms with Gasteiger partial charge in [-0.1, -0.05) is 34.4 Å². The van der Waals surface area contributed by atoms with E-state index < -0.39 is 10.8 Å². The highest BCUT2D eigenvalue weighted by Crippen LogP contribution is 2.22. The topological polar surface area (TPSA) is 43.1 Å². The van der Waals surface area contributed by atoms with Gasteiger partial charge in [0.15, 0.2) is 0 Å². The van der Waals surface area contributed by atoms with Gasteiger partial charge in [-0.3, -0.25) is 4.21 Å². The molecule has 1 heterocycles. The fourth-order valence-corrected chi connectivity index (χ4v) is 3.21. The van der Waals surface area contributed by atoms with Crippen molar-refractivity contribution in [3.63, 3.8) is 0 Å². The maximum Gasteiger partial charge on any atom is 0.149 e. The lowest BCUT2D eigenvalue weighted by atomic mass is 10.2. The van der Waals surface area contributed by atoms with Crippen LogP contribution >= 0.6 is 23.2 Å². The second kappa shape index (κ2) is 5.87. The van der Waals surface area contributed by atoms with Gasteiger partial charge in [-0.2, -0.15) is 0 Å². The third kappa shape index (κ3) is 3.57. The molecule has 0 spiro atoms. The average molecular weight is 304 g/mol. The van der Waals surface area contributed by atoms with E-state index in [2.05, 4.69) is 5.16 Å². The molecule has 1 aromatic heterocycles. The summed E-state index contributed by atoms with van der Waals surface area (Å²) in [6.45, 7) is 1.83. The average Bonchev–Trinajstić information content (AvgIpc) is 2.68. The van der Waals surface area contributed by atoms with Crippen molar-refractivity contribution in [2.45, 2.75) is 18.4 Å². The minimum Gasteiger partial charge on any atom is -0.360 e. The van der Waals surface area contributed by atoms with E-state index in [0.29, 0.717) is 27.3 Å². The van der Waals surface area contributed by atoms with E-state index in [1.807, 2.05) is 6.92 Å². The minimum absolute atomic E-state index is 0.333. The number of halogens is 2. The van der Waals surface area contributed by atoms with Gasteiger partial charge in [-0.25, -0.2) is 0 Å². The Hall–Kier alpha value is -0.840. The van der Waals surface area contributed by atoms with Crippen molar-refractivity contribution in [1.29, 1.82) is 0 Å². The molecule has 2 rings (SSSR count). The molecule has 0 amide bonds. The molecule has 1 aromatic carbocycles. The van der Waals surface area contributed by atoms with Crippen LogP contribution in [0.3, 0.4) is 0 Å². The first-order valence-electron chi connectivity index (χ1n) is 5.25. The van der Waals surface area contributed by atoms with Crippen molar-refractivity contribution in [3.05, 3.63) is 51.3 Å². The zero-order valence-electron chi connectivity index (χ0n) is 9.65. The number of aromatic nitrogens is 1. The number of aryl methyl sites for hydroxylation is 1. The van der Waals surface area contributed by atoms with Crippen LogP contribution in [0.2, 0.25) is 10.0 Å². The van der Waals surface area contributed by atoms with Crippen LogP contribution in [0.1, 0.15) is 17.0 Å². The Kier molecular flexibility index (Phi) is 4.43. The second-order valence-corrected chi connectivity index (χ2v) is 6.20. The maximum atomic E-state index is 12.0. The summed E-state index contributed by atoms with van der Waals surface area (Å²) in [5.41, 5.74) is 1.60. The fourth-order valence-electron chi connectivity index (χ4n) is 1.51. The fraction of sp³-hybridized carbons (Fsp3) is 0.250. The molecule has 0 aliphatic carbocycles. The molecule has 18 heavy (non-hydrogen) atoms. The van der Waals surface area contributed by atoms with Crippen molar-refractivity contribution >= 4 is 34.0 Å². The number of nitrogens with zero attached hydrogens (tertiary/aromatic N) is 1. The highest BCUT2D eigenvalue weighted by atomic mass is 35.5. The Bertz CT molecular complexity index is 583. The first kappa shape index (κ1) is 13.6. The summed E-state index contributed by atoms with van der Waals surface area (Å²) in [5, 5.41) is 4.85. The molecular formula is C12H11Cl2NO2S. The van der Waals surface area contributed by atoms with E-state index in [4.69, 9.17) is 27.7 Å². The number of hydrogen-bond acceptors (Lipinski definition) is 3. The van der Waals surface area contributed by atoms with E-state index in [-0.39, 0.29) is 0 Å². The minimum atomic E-state index is -1.09. The summed E-state index contributed by atoms with van der Waals surface area (Å²) < 4.78 is 17.0. The van der Waals surface area contributed by atoms with Gasteiger partial charge in [0.25, 0.3) is 0 Å². The molecule has 1 unspecified atom stereocenters. The van der Waals surface area contributed by atoms with E-state index in [1.54, 1.807) is 24.3 Å². The molecule has 6 heteroatoms. The van der Waals surface area contributed by atoms with Crippen molar-refractivity contribution in [2.75, 3.05) is 0 Å². The molecule has 96 valence electrons. The van der Waals surface area contributed by atoms with E-state index in [9.17, 15) is 4.21 Å². The third-order valence-electron chi connectivity index (χ3n) is 2.31. The Morgan fingerprint density at radius 1 is 1.28 bits per heavy atom. The van der Waals surface area contributed by atoms with Gasteiger partial charge >= 0.3 is 0 Å². The molecule has 0 radical (unpaired) electrons. The Balaban J connectivity index is 2.03. The molecule has 3 nitrogen and oxygen atoms in total. The van der Waals surface area contributed by atoms with Crippen LogP contribution in [-0.4, -0.2) is 9.37 Å². The Labute approximate surface area is 118 Å². The molecule has 0 saturated carbocycles. The summed E-state index contributed by atoms with van der Waals surface area (Å²) in [6.07, 6.45) is 0. The molecule has 0 bridgehead atoms. The number of benzene rings is 1. The first-order valence-corrected chi connectivity index (χ1v) is 7.50. The largest absolute Gasteiger partial charge is 0.360 e. The lowest BCUT2D eigenvalue weighted by molar-refractivity contribution is 0.390. The molecule has 2 aromatic rings. The van der Waals surface area contributed by atoms with Gasteiger partial charge in [0, 0.05) is 26.9 Å². The number of rotatable bonds is 4. The standard InChI is InChI=1S/C12H11Cl2NO2S/c1-8-4-11(17-15-8)7-18(16)6-9-2-3-10(13)5-12(9)14/h2-5H,6-7H2,1H3. The van der Waals surface area contributed by atoms with Crippen molar-refractivity contribution in [1.82, 2.24) is 5.16 Å². The zero-order valence-corrected chi connectivity index (χ0v) is 12.0. The van der Waals surface area contributed by atoms with Crippen LogP contribution in [0, 0.1) is 6.92 Å². The van der Waals surface area contributed by atoms with Crippen LogP contribution in [0.4, 0.5) is 0 Å². The second-order valence-electron chi connectivity index (χ2n) is 3.90. The Morgan fingerprint density at radius 2 is 2.06 bits per heavy atom. The summed E-state index contributed by atoms with van der Waals surface area (Å²) in [5.74, 6) is 1.33. The highest BCUT2D eigenvalue weighted by Gasteiger charge is 2.10. The van der Waals surface area contributed by atoms with Crippen LogP contribution in [0.15, 0.2) is 28.8 Å². The van der Waals surface area contributed by atoms with E-state index in [0.717, 1.165) is 11.3 Å². The van der Waals surface area contributed by atoms with Crippen molar-refractivity contribution < 1.29 is 8.73 Å². The first-order chi connectivity index (χ1) is 8.54. The van der Waals surface area contributed by atoms with Crippen LogP contribution in [0.5, 0.6) is 0 Å². The monoisotopic (exact) mass is 303 g/mol. The van der Waals surface area contributed by atoms with Crippen LogP contribution in [0.25, 0.3) is 0 Å². The van der Waals surface area contributed by atoms with Gasteiger partial charge in [0.2, 0.25) is 0 Å². The molecule has 0 N–H and O–H groups in total. The number of hydrogen-bond donors (Lipinski definition) is 0. The van der Waals surface area contributed by atoms with Gasteiger partial charge < -0.3 is 4.52 Å². The smallest absolute Gasteiger partial charge is 0.149 e. The van der Waals surface area contributed by atoms with E-state index >= 15 is 0 Å². The van der Waals surface area contributed by atoms with E-state index in [1.165, 1.54) is 0 Å². The summed E-state index contributed by atoms with van der Waals surface area (Å²) in [7, 11) is -1.09. The summed E-state index contributed by atoms with van der Waals surface area (Å²) >= 11 is 11.8. The van der Waals surface area contributed by atoms with Crippen LogP contribution in [-0.2, 0) is 22.3 Å². The molecule has 0 aliphatic heterocycles. The van der Waals surface area contributed by atoms with Gasteiger partial charge in [0.1, 0.15) is 5.76 Å². The molecular weight excluding hydrogens is 293 g/mol. The highest BCUT2D eigenvalue weighted by molar-refractivity contribution is 7.83. The summed E-state index contributed by atoms with van der Waals surface area (Å²) in [4.78, 5) is 0. The lowest BCUT2D eigenvalue weighted by Gasteiger charge is -2.03. The van der Waals surface area contributed by atoms with Gasteiger partial charge in [-0.15, -0.1) is 0 Å². The zero-order chi connectivity index (χ0) is 13.1. The van der Waals surface area contributed by atoms with Gasteiger partial charge in [-0.05, 0) is 24.6 Å².